The third kappa shape index (κ3) is 1.99. The number of halogens is 1. The van der Waals surface area contributed by atoms with Crippen molar-refractivity contribution >= 4 is 17.5 Å². The lowest BCUT2D eigenvalue weighted by atomic mass is 9.53. The highest BCUT2D eigenvalue weighted by atomic mass is 35.5. The van der Waals surface area contributed by atoms with Gasteiger partial charge in [-0.2, -0.15) is 0 Å². The fourth-order valence-electron chi connectivity index (χ4n) is 5.07. The maximum absolute atomic E-state index is 12.3. The van der Waals surface area contributed by atoms with Crippen LogP contribution in [-0.4, -0.2) is 16.4 Å². The molecule has 4 aliphatic rings. The number of amides is 1. The highest BCUT2D eigenvalue weighted by molar-refractivity contribution is 6.30. The zero-order valence-electron chi connectivity index (χ0n) is 10.9. The average molecular weight is 279 g/mol. The van der Waals surface area contributed by atoms with Gasteiger partial charge in [-0.05, 0) is 62.3 Å². The van der Waals surface area contributed by atoms with Gasteiger partial charge >= 0.3 is 0 Å². The monoisotopic (exact) mass is 278 g/mol. The lowest BCUT2D eigenvalue weighted by Crippen LogP contribution is -2.59. The molecular formula is C15H19ClN2O. The maximum atomic E-state index is 12.3. The molecule has 0 saturated heterocycles. The van der Waals surface area contributed by atoms with Gasteiger partial charge in [-0.1, -0.05) is 11.6 Å². The van der Waals surface area contributed by atoms with Crippen LogP contribution in [-0.2, 0) is 0 Å². The predicted octanol–water partition coefficient (Wildman–Crippen LogP) is 3.37. The summed E-state index contributed by atoms with van der Waals surface area (Å²) in [6, 6.07) is 1.71. The van der Waals surface area contributed by atoms with E-state index in [9.17, 15) is 4.79 Å². The number of carbonyl (C=O) groups excluding carboxylic acids is 1. The van der Waals surface area contributed by atoms with Crippen LogP contribution in [0.4, 0.5) is 0 Å². The van der Waals surface area contributed by atoms with Crippen LogP contribution in [0.15, 0.2) is 12.3 Å². The van der Waals surface area contributed by atoms with Crippen LogP contribution in [0.25, 0.3) is 0 Å². The summed E-state index contributed by atoms with van der Waals surface area (Å²) >= 11 is 5.87. The average Bonchev–Trinajstić information content (AvgIpc) is 2.73. The van der Waals surface area contributed by atoms with Gasteiger partial charge in [-0.3, -0.25) is 4.79 Å². The second kappa shape index (κ2) is 4.02. The summed E-state index contributed by atoms with van der Waals surface area (Å²) in [6.07, 6.45) is 9.38. The van der Waals surface area contributed by atoms with Gasteiger partial charge in [0.15, 0.2) is 0 Å². The lowest BCUT2D eigenvalue weighted by Gasteiger charge is -2.56. The summed E-state index contributed by atoms with van der Waals surface area (Å²) in [5, 5.41) is 3.92. The van der Waals surface area contributed by atoms with E-state index in [1.165, 1.54) is 38.5 Å². The Morgan fingerprint density at radius 2 is 1.79 bits per heavy atom. The van der Waals surface area contributed by atoms with Crippen molar-refractivity contribution in [3.05, 3.63) is 23.0 Å². The standard InChI is InChI=1S/C15H19ClN2O/c16-12-4-13(17-8-12)14(19)18-15-5-9-1-10(6-15)3-11(2-9)7-15/h4,8-11,17H,1-3,5-7H2,(H,18,19). The highest BCUT2D eigenvalue weighted by Gasteiger charge is 2.51. The molecule has 0 aliphatic heterocycles. The first kappa shape index (κ1) is 11.8. The predicted molar refractivity (Wildman–Crippen MR) is 74.2 cm³/mol. The van der Waals surface area contributed by atoms with E-state index in [4.69, 9.17) is 11.6 Å². The summed E-state index contributed by atoms with van der Waals surface area (Å²) in [5.74, 6) is 2.55. The molecule has 1 aromatic rings. The smallest absolute Gasteiger partial charge is 0.268 e. The molecule has 0 atom stereocenters. The van der Waals surface area contributed by atoms with E-state index in [1.54, 1.807) is 12.3 Å². The van der Waals surface area contributed by atoms with Gasteiger partial charge < -0.3 is 10.3 Å². The molecule has 1 aromatic heterocycles. The first-order valence-electron chi connectivity index (χ1n) is 7.28. The molecular weight excluding hydrogens is 260 g/mol. The molecule has 0 radical (unpaired) electrons. The normalized spacial score (nSPS) is 39.5. The van der Waals surface area contributed by atoms with Gasteiger partial charge in [-0.15, -0.1) is 0 Å². The molecule has 4 bridgehead atoms. The molecule has 0 unspecified atom stereocenters. The van der Waals surface area contributed by atoms with Crippen molar-refractivity contribution in [3.8, 4) is 0 Å². The second-order valence-corrected chi connectivity index (χ2v) is 7.32. The fraction of sp³-hybridized carbons (Fsp3) is 0.667. The minimum absolute atomic E-state index is 0.00819. The SMILES string of the molecule is O=C(NC12CC3CC(CC(C3)C1)C2)c1cc(Cl)c[nH]1. The Morgan fingerprint density at radius 3 is 2.26 bits per heavy atom. The number of nitrogens with one attached hydrogen (secondary N) is 2. The van der Waals surface area contributed by atoms with Crippen molar-refractivity contribution in [1.29, 1.82) is 0 Å². The van der Waals surface area contributed by atoms with Gasteiger partial charge in [0, 0.05) is 11.7 Å². The molecule has 5 rings (SSSR count). The number of rotatable bonds is 2. The van der Waals surface area contributed by atoms with Crippen molar-refractivity contribution in [2.45, 2.75) is 44.1 Å². The number of hydrogen-bond donors (Lipinski definition) is 2. The second-order valence-electron chi connectivity index (χ2n) is 6.88. The minimum atomic E-state index is 0.00819. The topological polar surface area (TPSA) is 44.9 Å². The lowest BCUT2D eigenvalue weighted by molar-refractivity contribution is -0.0167. The first-order chi connectivity index (χ1) is 9.12. The van der Waals surface area contributed by atoms with Crippen LogP contribution in [0.5, 0.6) is 0 Å². The largest absolute Gasteiger partial charge is 0.356 e. The van der Waals surface area contributed by atoms with Gasteiger partial charge in [0.2, 0.25) is 0 Å². The first-order valence-corrected chi connectivity index (χ1v) is 7.66. The van der Waals surface area contributed by atoms with Gasteiger partial charge in [-0.25, -0.2) is 0 Å². The summed E-state index contributed by atoms with van der Waals surface area (Å²) < 4.78 is 0. The molecule has 0 aromatic carbocycles. The van der Waals surface area contributed by atoms with Crippen molar-refractivity contribution < 1.29 is 4.79 Å². The van der Waals surface area contributed by atoms with Crippen molar-refractivity contribution in [3.63, 3.8) is 0 Å². The van der Waals surface area contributed by atoms with Crippen LogP contribution in [0.3, 0.4) is 0 Å². The van der Waals surface area contributed by atoms with E-state index in [2.05, 4.69) is 10.3 Å². The van der Waals surface area contributed by atoms with E-state index in [0.717, 1.165) is 17.8 Å². The Hall–Kier alpha value is -0.960. The van der Waals surface area contributed by atoms with Crippen LogP contribution in [0.1, 0.15) is 49.0 Å². The molecule has 4 saturated carbocycles. The van der Waals surface area contributed by atoms with Gasteiger partial charge in [0.05, 0.1) is 5.02 Å². The molecule has 2 N–H and O–H groups in total. The summed E-state index contributed by atoms with van der Waals surface area (Å²) in [7, 11) is 0. The third-order valence-electron chi connectivity index (χ3n) is 5.31. The van der Waals surface area contributed by atoms with Crippen LogP contribution >= 0.6 is 11.6 Å². The molecule has 3 nitrogen and oxygen atoms in total. The Morgan fingerprint density at radius 1 is 1.21 bits per heavy atom. The Balaban J connectivity index is 1.54. The molecule has 4 heteroatoms. The molecule has 1 heterocycles. The highest BCUT2D eigenvalue weighted by Crippen LogP contribution is 2.55. The molecule has 102 valence electrons. The number of aromatic amines is 1. The summed E-state index contributed by atoms with van der Waals surface area (Å²) in [4.78, 5) is 15.3. The van der Waals surface area contributed by atoms with Crippen molar-refractivity contribution in [2.24, 2.45) is 17.8 Å². The maximum Gasteiger partial charge on any atom is 0.268 e. The molecule has 1 amide bonds. The zero-order chi connectivity index (χ0) is 13.0. The Kier molecular flexibility index (Phi) is 2.50. The third-order valence-corrected chi connectivity index (χ3v) is 5.53. The van der Waals surface area contributed by atoms with Crippen molar-refractivity contribution in [2.75, 3.05) is 0 Å². The van der Waals surface area contributed by atoms with Crippen LogP contribution < -0.4 is 5.32 Å². The molecule has 0 spiro atoms. The van der Waals surface area contributed by atoms with Crippen LogP contribution in [0.2, 0.25) is 5.02 Å². The number of H-pyrrole nitrogens is 1. The Labute approximate surface area is 118 Å². The number of carbonyl (C=O) groups is 1. The molecule has 4 fully saturated rings. The van der Waals surface area contributed by atoms with E-state index < -0.39 is 0 Å². The summed E-state index contributed by atoms with van der Waals surface area (Å²) in [5.41, 5.74) is 0.657. The van der Waals surface area contributed by atoms with E-state index in [-0.39, 0.29) is 11.4 Å². The van der Waals surface area contributed by atoms with Crippen molar-refractivity contribution in [1.82, 2.24) is 10.3 Å². The minimum Gasteiger partial charge on any atom is -0.356 e. The number of aromatic nitrogens is 1. The quantitative estimate of drug-likeness (QED) is 0.856. The molecule has 4 aliphatic carbocycles. The van der Waals surface area contributed by atoms with Gasteiger partial charge in [0.25, 0.3) is 5.91 Å². The fourth-order valence-corrected chi connectivity index (χ4v) is 5.23. The van der Waals surface area contributed by atoms with Gasteiger partial charge in [0.1, 0.15) is 5.69 Å². The van der Waals surface area contributed by atoms with E-state index in [0.29, 0.717) is 10.7 Å². The zero-order valence-corrected chi connectivity index (χ0v) is 11.7. The van der Waals surface area contributed by atoms with E-state index in [1.807, 2.05) is 0 Å². The molecule has 19 heavy (non-hydrogen) atoms. The van der Waals surface area contributed by atoms with E-state index >= 15 is 0 Å². The summed E-state index contributed by atoms with van der Waals surface area (Å²) in [6.45, 7) is 0. The Bertz CT molecular complexity index is 487. The van der Waals surface area contributed by atoms with Crippen LogP contribution in [0, 0.1) is 17.8 Å². The number of hydrogen-bond acceptors (Lipinski definition) is 1.